The Bertz CT molecular complexity index is 1040. The summed E-state index contributed by atoms with van der Waals surface area (Å²) in [7, 11) is 0. The quantitative estimate of drug-likeness (QED) is 0.492. The molecule has 1 fully saturated rings. The lowest BCUT2D eigenvalue weighted by Crippen LogP contribution is -2.43. The van der Waals surface area contributed by atoms with Crippen LogP contribution < -0.4 is 10.6 Å². The van der Waals surface area contributed by atoms with Crippen molar-refractivity contribution >= 4 is 45.7 Å². The van der Waals surface area contributed by atoms with Crippen molar-refractivity contribution in [3.8, 4) is 0 Å². The van der Waals surface area contributed by atoms with E-state index in [0.29, 0.717) is 18.1 Å². The van der Waals surface area contributed by atoms with Crippen LogP contribution in [-0.2, 0) is 11.3 Å². The minimum atomic E-state index is 0.0324. The Balaban J connectivity index is 1.25. The summed E-state index contributed by atoms with van der Waals surface area (Å²) in [5.74, 6) is 0.166. The van der Waals surface area contributed by atoms with Crippen LogP contribution in [0.3, 0.4) is 0 Å². The van der Waals surface area contributed by atoms with E-state index in [1.54, 1.807) is 6.20 Å². The summed E-state index contributed by atoms with van der Waals surface area (Å²) in [4.78, 5) is 19.4. The Morgan fingerprint density at radius 2 is 1.87 bits per heavy atom. The fourth-order valence-electron chi connectivity index (χ4n) is 4.06. The molecule has 1 aliphatic rings. The van der Waals surface area contributed by atoms with Crippen molar-refractivity contribution in [1.82, 2.24) is 15.2 Å². The molecule has 0 unspecified atom stereocenters. The van der Waals surface area contributed by atoms with Gasteiger partial charge in [0.05, 0.1) is 11.4 Å². The molecule has 1 aromatic heterocycles. The van der Waals surface area contributed by atoms with Crippen molar-refractivity contribution in [1.29, 1.82) is 0 Å². The molecule has 3 aromatic rings. The van der Waals surface area contributed by atoms with Crippen molar-refractivity contribution in [2.24, 2.45) is 5.92 Å². The van der Waals surface area contributed by atoms with E-state index in [-0.39, 0.29) is 11.8 Å². The van der Waals surface area contributed by atoms with Crippen molar-refractivity contribution < 1.29 is 4.79 Å². The minimum Gasteiger partial charge on any atom is -0.383 e. The van der Waals surface area contributed by atoms with Crippen LogP contribution in [0.5, 0.6) is 0 Å². The van der Waals surface area contributed by atoms with Gasteiger partial charge in [0.25, 0.3) is 0 Å². The number of halogens is 2. The molecule has 1 atom stereocenters. The predicted molar refractivity (Wildman–Crippen MR) is 128 cm³/mol. The van der Waals surface area contributed by atoms with Crippen molar-refractivity contribution in [3.63, 3.8) is 0 Å². The van der Waals surface area contributed by atoms with E-state index in [1.807, 2.05) is 36.4 Å². The van der Waals surface area contributed by atoms with Crippen molar-refractivity contribution in [2.45, 2.75) is 19.4 Å². The number of nitrogens with zero attached hydrogens (tertiary/aromatic N) is 2. The Kier molecular flexibility index (Phi) is 7.28. The maximum Gasteiger partial charge on any atom is 0.224 e. The molecule has 31 heavy (non-hydrogen) atoms. The van der Waals surface area contributed by atoms with E-state index in [1.165, 1.54) is 5.56 Å². The van der Waals surface area contributed by atoms with E-state index in [9.17, 15) is 4.79 Å². The monoisotopic (exact) mass is 456 g/mol. The second-order valence-electron chi connectivity index (χ2n) is 7.94. The third kappa shape index (κ3) is 5.88. The van der Waals surface area contributed by atoms with E-state index in [2.05, 4.69) is 32.7 Å². The lowest BCUT2D eigenvalue weighted by atomic mass is 9.96. The maximum atomic E-state index is 12.7. The number of hydrogen-bond donors (Lipinski definition) is 2. The molecule has 1 saturated heterocycles. The average Bonchev–Trinajstić information content (AvgIpc) is 2.78. The molecule has 7 heteroatoms. The first-order valence-corrected chi connectivity index (χ1v) is 11.4. The molecule has 4 rings (SSSR count). The van der Waals surface area contributed by atoms with Crippen LogP contribution in [0.4, 0.5) is 5.69 Å². The summed E-state index contributed by atoms with van der Waals surface area (Å²) in [5, 5.41) is 8.91. The second kappa shape index (κ2) is 10.3. The number of nitrogens with one attached hydrogen (secondary N) is 2. The highest BCUT2D eigenvalue weighted by atomic mass is 35.5. The van der Waals surface area contributed by atoms with Crippen LogP contribution >= 0.6 is 23.2 Å². The lowest BCUT2D eigenvalue weighted by Gasteiger charge is -2.32. The molecule has 2 heterocycles. The molecule has 0 radical (unpaired) electrons. The highest BCUT2D eigenvalue weighted by Crippen LogP contribution is 2.24. The third-order valence-corrected chi connectivity index (χ3v) is 6.13. The number of piperidine rings is 1. The van der Waals surface area contributed by atoms with Crippen LogP contribution in [0.2, 0.25) is 10.0 Å². The van der Waals surface area contributed by atoms with Crippen LogP contribution in [0.15, 0.2) is 54.7 Å². The van der Waals surface area contributed by atoms with Gasteiger partial charge < -0.3 is 10.6 Å². The summed E-state index contributed by atoms with van der Waals surface area (Å²) in [6.45, 7) is 3.88. The Labute approximate surface area is 192 Å². The Morgan fingerprint density at radius 1 is 1.06 bits per heavy atom. The van der Waals surface area contributed by atoms with Gasteiger partial charge in [-0.15, -0.1) is 0 Å². The van der Waals surface area contributed by atoms with Gasteiger partial charge in [-0.3, -0.25) is 14.7 Å². The van der Waals surface area contributed by atoms with Crippen LogP contribution in [0, 0.1) is 5.92 Å². The second-order valence-corrected chi connectivity index (χ2v) is 8.81. The zero-order valence-electron chi connectivity index (χ0n) is 17.3. The molecule has 2 aromatic carbocycles. The van der Waals surface area contributed by atoms with Gasteiger partial charge in [-0.05, 0) is 61.3 Å². The summed E-state index contributed by atoms with van der Waals surface area (Å²) in [6.07, 6.45) is 3.73. The van der Waals surface area contributed by atoms with Gasteiger partial charge in [0.15, 0.2) is 0 Å². The fourth-order valence-corrected chi connectivity index (χ4v) is 4.36. The Morgan fingerprint density at radius 3 is 2.71 bits per heavy atom. The lowest BCUT2D eigenvalue weighted by molar-refractivity contribution is -0.126. The number of likely N-dealkylation sites (tertiary alicyclic amines) is 1. The first-order valence-electron chi connectivity index (χ1n) is 10.6. The molecule has 2 N–H and O–H groups in total. The zero-order chi connectivity index (χ0) is 21.6. The fraction of sp³-hybridized carbons (Fsp3) is 0.333. The van der Waals surface area contributed by atoms with Gasteiger partial charge in [0.1, 0.15) is 0 Å². The minimum absolute atomic E-state index is 0.0324. The van der Waals surface area contributed by atoms with E-state index >= 15 is 0 Å². The van der Waals surface area contributed by atoms with E-state index < -0.39 is 0 Å². The van der Waals surface area contributed by atoms with Crippen molar-refractivity contribution in [3.05, 3.63) is 70.3 Å². The number of fused-ring (bicyclic) bond motifs is 1. The van der Waals surface area contributed by atoms with Crippen LogP contribution in [0.1, 0.15) is 18.4 Å². The maximum absolute atomic E-state index is 12.7. The van der Waals surface area contributed by atoms with Gasteiger partial charge in [-0.25, -0.2) is 0 Å². The molecule has 162 valence electrons. The number of pyridine rings is 1. The predicted octanol–water partition coefficient (Wildman–Crippen LogP) is 4.98. The van der Waals surface area contributed by atoms with E-state index in [4.69, 9.17) is 23.2 Å². The number of benzene rings is 2. The highest BCUT2D eigenvalue weighted by molar-refractivity contribution is 6.31. The third-order valence-electron chi connectivity index (χ3n) is 5.64. The van der Waals surface area contributed by atoms with Gasteiger partial charge in [0, 0.05) is 53.5 Å². The molecule has 0 spiro atoms. The smallest absolute Gasteiger partial charge is 0.224 e. The number of hydrogen-bond acceptors (Lipinski definition) is 4. The van der Waals surface area contributed by atoms with Crippen molar-refractivity contribution in [2.75, 3.05) is 31.5 Å². The largest absolute Gasteiger partial charge is 0.383 e. The normalized spacial score (nSPS) is 16.9. The average molecular weight is 457 g/mol. The summed E-state index contributed by atoms with van der Waals surface area (Å²) < 4.78 is 0. The summed E-state index contributed by atoms with van der Waals surface area (Å²) in [5.41, 5.74) is 3.06. The van der Waals surface area contributed by atoms with Crippen LogP contribution in [0.25, 0.3) is 10.9 Å². The van der Waals surface area contributed by atoms with E-state index in [0.717, 1.165) is 54.1 Å². The molecule has 1 amide bonds. The molecular formula is C24H26Cl2N4O. The number of carbonyl (C=O) groups is 1. The zero-order valence-corrected chi connectivity index (χ0v) is 18.8. The standard InChI is InChI=1S/C24H26Cl2N4O/c25-19-5-3-17(4-6-19)15-30-13-1-2-18(16-30)24(31)29-12-11-28-22-9-10-27-23-14-20(26)7-8-21(22)23/h3-10,14,18H,1-2,11-13,15-16H2,(H,27,28)(H,29,31)/t18-/m0/s1. The van der Waals surface area contributed by atoms with Gasteiger partial charge in [-0.2, -0.15) is 0 Å². The number of anilines is 1. The number of aromatic nitrogens is 1. The Hall–Kier alpha value is -2.34. The molecular weight excluding hydrogens is 431 g/mol. The SMILES string of the molecule is O=C(NCCNc1ccnc2cc(Cl)ccc12)[C@H]1CCCN(Cc2ccc(Cl)cc2)C1. The molecule has 5 nitrogen and oxygen atoms in total. The number of amides is 1. The number of rotatable bonds is 7. The molecule has 0 aliphatic carbocycles. The first-order chi connectivity index (χ1) is 15.1. The topological polar surface area (TPSA) is 57.3 Å². The molecule has 0 saturated carbocycles. The number of carbonyl (C=O) groups excluding carboxylic acids is 1. The van der Waals surface area contributed by atoms with Gasteiger partial charge >= 0.3 is 0 Å². The summed E-state index contributed by atoms with van der Waals surface area (Å²) in [6, 6.07) is 15.5. The highest BCUT2D eigenvalue weighted by Gasteiger charge is 2.25. The molecule has 1 aliphatic heterocycles. The molecule has 0 bridgehead atoms. The van der Waals surface area contributed by atoms with Gasteiger partial charge in [0.2, 0.25) is 5.91 Å². The first kappa shape index (κ1) is 21.9. The van der Waals surface area contributed by atoms with Gasteiger partial charge in [-0.1, -0.05) is 35.3 Å². The summed E-state index contributed by atoms with van der Waals surface area (Å²) >= 11 is 12.0. The van der Waals surface area contributed by atoms with Crippen LogP contribution in [-0.4, -0.2) is 42.0 Å².